The quantitative estimate of drug-likeness (QED) is 0.407. The van der Waals surface area contributed by atoms with Gasteiger partial charge in [0.1, 0.15) is 0 Å². The van der Waals surface area contributed by atoms with E-state index >= 15 is 0 Å². The van der Waals surface area contributed by atoms with Gasteiger partial charge in [-0.3, -0.25) is 4.99 Å². The van der Waals surface area contributed by atoms with Gasteiger partial charge in [-0.25, -0.2) is 0 Å². The van der Waals surface area contributed by atoms with E-state index in [0.717, 1.165) is 16.9 Å². The van der Waals surface area contributed by atoms with E-state index in [1.807, 2.05) is 26.0 Å². The first-order valence-corrected chi connectivity index (χ1v) is 8.25. The number of methoxy groups -OCH3 is 3. The maximum absolute atomic E-state index is 5.47. The lowest BCUT2D eigenvalue weighted by Crippen LogP contribution is -2.45. The maximum Gasteiger partial charge on any atom is 0.191 e. The van der Waals surface area contributed by atoms with Gasteiger partial charge in [-0.1, -0.05) is 6.08 Å². The number of guanidine groups is 1. The predicted octanol–water partition coefficient (Wildman–Crippen LogP) is 2.52. The van der Waals surface area contributed by atoms with Crippen molar-refractivity contribution < 1.29 is 14.2 Å². The second-order valence-electron chi connectivity index (χ2n) is 6.23. The SMILES string of the molecule is C=CCc1cc(CNC(=NC)NCC(C)(C)OC)cc(OC)c1OC. The Hall–Kier alpha value is -2.21. The van der Waals surface area contributed by atoms with Crippen molar-refractivity contribution in [1.29, 1.82) is 0 Å². The Balaban J connectivity index is 2.84. The third kappa shape index (κ3) is 6.31. The molecule has 0 spiro atoms. The van der Waals surface area contributed by atoms with Crippen LogP contribution in [0.3, 0.4) is 0 Å². The molecule has 0 aromatic heterocycles. The molecule has 1 aromatic carbocycles. The second kappa shape index (κ2) is 9.93. The van der Waals surface area contributed by atoms with E-state index in [2.05, 4.69) is 28.3 Å². The molecule has 0 heterocycles. The summed E-state index contributed by atoms with van der Waals surface area (Å²) in [5, 5.41) is 6.57. The third-order valence-corrected chi connectivity index (χ3v) is 3.90. The van der Waals surface area contributed by atoms with E-state index < -0.39 is 0 Å². The van der Waals surface area contributed by atoms with Gasteiger partial charge >= 0.3 is 0 Å². The summed E-state index contributed by atoms with van der Waals surface area (Å²) < 4.78 is 16.3. The molecule has 0 aliphatic carbocycles. The van der Waals surface area contributed by atoms with Crippen LogP contribution in [0.4, 0.5) is 0 Å². The van der Waals surface area contributed by atoms with Crippen LogP contribution in [0.25, 0.3) is 0 Å². The molecule has 0 saturated heterocycles. The molecular weight excluding hydrogens is 318 g/mol. The van der Waals surface area contributed by atoms with Crippen LogP contribution in [0.15, 0.2) is 29.8 Å². The van der Waals surface area contributed by atoms with Crippen LogP contribution in [0.2, 0.25) is 0 Å². The van der Waals surface area contributed by atoms with Crippen LogP contribution >= 0.6 is 0 Å². The van der Waals surface area contributed by atoms with Crippen molar-refractivity contribution >= 4 is 5.96 Å². The molecule has 0 saturated carbocycles. The van der Waals surface area contributed by atoms with Crippen molar-refractivity contribution in [2.45, 2.75) is 32.4 Å². The van der Waals surface area contributed by atoms with Crippen LogP contribution in [-0.2, 0) is 17.7 Å². The number of rotatable bonds is 9. The molecule has 6 nitrogen and oxygen atoms in total. The molecule has 1 rings (SSSR count). The van der Waals surface area contributed by atoms with Crippen molar-refractivity contribution in [1.82, 2.24) is 10.6 Å². The summed E-state index contributed by atoms with van der Waals surface area (Å²) in [7, 11) is 6.72. The Bertz CT molecular complexity index is 598. The molecule has 25 heavy (non-hydrogen) atoms. The highest BCUT2D eigenvalue weighted by molar-refractivity contribution is 5.79. The number of benzene rings is 1. The van der Waals surface area contributed by atoms with E-state index in [1.54, 1.807) is 28.4 Å². The lowest BCUT2D eigenvalue weighted by Gasteiger charge is -2.24. The van der Waals surface area contributed by atoms with Crippen molar-refractivity contribution in [2.24, 2.45) is 4.99 Å². The fourth-order valence-corrected chi connectivity index (χ4v) is 2.29. The molecule has 0 fully saturated rings. The van der Waals surface area contributed by atoms with Gasteiger partial charge in [0.15, 0.2) is 17.5 Å². The maximum atomic E-state index is 5.47. The second-order valence-corrected chi connectivity index (χ2v) is 6.23. The Morgan fingerprint density at radius 2 is 1.92 bits per heavy atom. The number of allylic oxidation sites excluding steroid dienone is 1. The minimum atomic E-state index is -0.266. The lowest BCUT2D eigenvalue weighted by atomic mass is 10.1. The summed E-state index contributed by atoms with van der Waals surface area (Å²) in [5.74, 6) is 2.17. The molecular formula is C19H31N3O3. The van der Waals surface area contributed by atoms with Crippen molar-refractivity contribution in [2.75, 3.05) is 34.9 Å². The van der Waals surface area contributed by atoms with Crippen LogP contribution < -0.4 is 20.1 Å². The van der Waals surface area contributed by atoms with Gasteiger partial charge in [0.05, 0.1) is 19.8 Å². The minimum absolute atomic E-state index is 0.266. The van der Waals surface area contributed by atoms with Crippen LogP contribution in [0.5, 0.6) is 11.5 Å². The smallest absolute Gasteiger partial charge is 0.191 e. The molecule has 0 aliphatic rings. The molecule has 0 aliphatic heterocycles. The molecule has 0 amide bonds. The lowest BCUT2D eigenvalue weighted by molar-refractivity contribution is 0.0268. The van der Waals surface area contributed by atoms with E-state index in [9.17, 15) is 0 Å². The minimum Gasteiger partial charge on any atom is -0.493 e. The molecule has 140 valence electrons. The van der Waals surface area contributed by atoms with E-state index in [1.165, 1.54) is 0 Å². The molecule has 0 atom stereocenters. The molecule has 6 heteroatoms. The summed E-state index contributed by atoms with van der Waals surface area (Å²) >= 11 is 0. The van der Waals surface area contributed by atoms with Gasteiger partial charge in [0, 0.05) is 32.8 Å². The first-order chi connectivity index (χ1) is 11.9. The number of nitrogens with one attached hydrogen (secondary N) is 2. The standard InChI is InChI=1S/C19H31N3O3/c1-8-9-15-10-14(11-16(23-5)17(15)24-6)12-21-18(20-4)22-13-19(2,3)25-7/h8,10-11H,1,9,12-13H2,2-7H3,(H2,20,21,22). The molecule has 0 unspecified atom stereocenters. The Morgan fingerprint density at radius 1 is 1.20 bits per heavy atom. The normalized spacial score (nSPS) is 11.8. The van der Waals surface area contributed by atoms with Gasteiger partial charge in [-0.2, -0.15) is 0 Å². The molecule has 1 aromatic rings. The first-order valence-electron chi connectivity index (χ1n) is 8.25. The topological polar surface area (TPSA) is 64.1 Å². The van der Waals surface area contributed by atoms with Crippen molar-refractivity contribution in [3.8, 4) is 11.5 Å². The molecule has 0 bridgehead atoms. The van der Waals surface area contributed by atoms with Crippen LogP contribution in [-0.4, -0.2) is 46.5 Å². The largest absolute Gasteiger partial charge is 0.493 e. The number of hydrogen-bond acceptors (Lipinski definition) is 4. The monoisotopic (exact) mass is 349 g/mol. The summed E-state index contributed by atoms with van der Waals surface area (Å²) in [4.78, 5) is 4.24. The van der Waals surface area contributed by atoms with E-state index in [0.29, 0.717) is 31.2 Å². The van der Waals surface area contributed by atoms with Gasteiger partial charge in [-0.15, -0.1) is 6.58 Å². The Labute approximate surface area is 151 Å². The van der Waals surface area contributed by atoms with E-state index in [4.69, 9.17) is 14.2 Å². The summed E-state index contributed by atoms with van der Waals surface area (Å²) in [5.41, 5.74) is 1.85. The summed E-state index contributed by atoms with van der Waals surface area (Å²) in [6, 6.07) is 4.05. The highest BCUT2D eigenvalue weighted by Crippen LogP contribution is 2.33. The first kappa shape index (κ1) is 20.8. The zero-order valence-electron chi connectivity index (χ0n) is 16.2. The van der Waals surface area contributed by atoms with Crippen LogP contribution in [0, 0.1) is 0 Å². The fourth-order valence-electron chi connectivity index (χ4n) is 2.29. The highest BCUT2D eigenvalue weighted by atomic mass is 16.5. The average molecular weight is 349 g/mol. The average Bonchev–Trinajstić information content (AvgIpc) is 2.61. The summed E-state index contributed by atoms with van der Waals surface area (Å²) in [6.45, 7) is 9.10. The zero-order valence-corrected chi connectivity index (χ0v) is 16.2. The van der Waals surface area contributed by atoms with Gasteiger partial charge in [0.2, 0.25) is 0 Å². The molecule has 2 N–H and O–H groups in total. The Morgan fingerprint density at radius 3 is 2.44 bits per heavy atom. The van der Waals surface area contributed by atoms with E-state index in [-0.39, 0.29) is 5.60 Å². The molecule has 0 radical (unpaired) electrons. The number of ether oxygens (including phenoxy) is 3. The van der Waals surface area contributed by atoms with Crippen LogP contribution in [0.1, 0.15) is 25.0 Å². The number of nitrogens with zero attached hydrogens (tertiary/aromatic N) is 1. The van der Waals surface area contributed by atoms with Gasteiger partial charge < -0.3 is 24.8 Å². The predicted molar refractivity (Wildman–Crippen MR) is 103 cm³/mol. The fraction of sp³-hybridized carbons (Fsp3) is 0.526. The number of hydrogen-bond donors (Lipinski definition) is 2. The zero-order chi connectivity index (χ0) is 18.9. The highest BCUT2D eigenvalue weighted by Gasteiger charge is 2.17. The summed E-state index contributed by atoms with van der Waals surface area (Å²) in [6.07, 6.45) is 2.56. The Kier molecular flexibility index (Phi) is 8.28. The number of aliphatic imine (C=N–C) groups is 1. The van der Waals surface area contributed by atoms with Gasteiger partial charge in [0.25, 0.3) is 0 Å². The van der Waals surface area contributed by atoms with Gasteiger partial charge in [-0.05, 0) is 38.0 Å². The van der Waals surface area contributed by atoms with Crippen molar-refractivity contribution in [3.05, 3.63) is 35.9 Å². The van der Waals surface area contributed by atoms with Crippen molar-refractivity contribution in [3.63, 3.8) is 0 Å². The third-order valence-electron chi connectivity index (χ3n) is 3.90.